The molecule has 88 valence electrons. The van der Waals surface area contributed by atoms with Gasteiger partial charge >= 0.3 is 0 Å². The first-order valence-corrected chi connectivity index (χ1v) is 5.65. The summed E-state index contributed by atoms with van der Waals surface area (Å²) in [6.45, 7) is 2.70. The molecule has 0 bridgehead atoms. The molecule has 1 unspecified atom stereocenters. The van der Waals surface area contributed by atoms with E-state index in [1.165, 1.54) is 0 Å². The van der Waals surface area contributed by atoms with Crippen molar-refractivity contribution < 1.29 is 9.47 Å². The molecule has 5 heteroatoms. The third-order valence-electron chi connectivity index (χ3n) is 2.56. The standard InChI is InChI=1S/C10H20N2O2S/c1-7(6-13-2)11-10(15)12-8-4-9(5-8)14-3/h7-9H,4-6H2,1-3H3,(H2,11,12,15). The molecule has 1 saturated carbocycles. The van der Waals surface area contributed by atoms with Crippen molar-refractivity contribution in [1.29, 1.82) is 0 Å². The minimum Gasteiger partial charge on any atom is -0.383 e. The molecule has 0 amide bonds. The molecule has 1 fully saturated rings. The van der Waals surface area contributed by atoms with E-state index < -0.39 is 0 Å². The van der Waals surface area contributed by atoms with Crippen LogP contribution in [0.15, 0.2) is 0 Å². The maximum absolute atomic E-state index is 5.19. The van der Waals surface area contributed by atoms with E-state index in [9.17, 15) is 0 Å². The van der Waals surface area contributed by atoms with Gasteiger partial charge in [0.2, 0.25) is 0 Å². The molecular formula is C10H20N2O2S. The summed E-state index contributed by atoms with van der Waals surface area (Å²) in [7, 11) is 3.43. The zero-order valence-electron chi connectivity index (χ0n) is 9.58. The first-order valence-electron chi connectivity index (χ1n) is 5.24. The van der Waals surface area contributed by atoms with Gasteiger partial charge < -0.3 is 20.1 Å². The lowest BCUT2D eigenvalue weighted by molar-refractivity contribution is 0.0225. The number of thiocarbonyl (C=S) groups is 1. The summed E-state index contributed by atoms with van der Waals surface area (Å²) in [5.41, 5.74) is 0. The van der Waals surface area contributed by atoms with E-state index in [0.717, 1.165) is 12.8 Å². The molecule has 0 spiro atoms. The number of ether oxygens (including phenoxy) is 2. The zero-order valence-corrected chi connectivity index (χ0v) is 10.4. The van der Waals surface area contributed by atoms with Crippen LogP contribution in [-0.4, -0.2) is 44.1 Å². The van der Waals surface area contributed by atoms with E-state index >= 15 is 0 Å². The largest absolute Gasteiger partial charge is 0.383 e. The van der Waals surface area contributed by atoms with Crippen LogP contribution in [0.1, 0.15) is 19.8 Å². The topological polar surface area (TPSA) is 42.5 Å². The van der Waals surface area contributed by atoms with E-state index in [0.29, 0.717) is 23.9 Å². The third-order valence-corrected chi connectivity index (χ3v) is 2.79. The van der Waals surface area contributed by atoms with Crippen LogP contribution in [0.3, 0.4) is 0 Å². The number of hydrogen-bond acceptors (Lipinski definition) is 3. The van der Waals surface area contributed by atoms with Crippen molar-refractivity contribution in [2.45, 2.75) is 38.0 Å². The van der Waals surface area contributed by atoms with E-state index in [-0.39, 0.29) is 6.04 Å². The van der Waals surface area contributed by atoms with Crippen molar-refractivity contribution in [3.8, 4) is 0 Å². The average Bonchev–Trinajstić information content (AvgIpc) is 2.10. The molecule has 1 atom stereocenters. The molecule has 0 aromatic carbocycles. The Kier molecular flexibility index (Phi) is 5.28. The molecule has 4 nitrogen and oxygen atoms in total. The molecule has 0 saturated heterocycles. The first kappa shape index (κ1) is 12.7. The predicted molar refractivity (Wildman–Crippen MR) is 64.0 cm³/mol. The van der Waals surface area contributed by atoms with Crippen molar-refractivity contribution in [2.24, 2.45) is 0 Å². The van der Waals surface area contributed by atoms with Crippen molar-refractivity contribution in [1.82, 2.24) is 10.6 Å². The Labute approximate surface area is 96.7 Å². The van der Waals surface area contributed by atoms with Gasteiger partial charge in [-0.25, -0.2) is 0 Å². The molecule has 1 aliphatic rings. The van der Waals surface area contributed by atoms with Crippen LogP contribution < -0.4 is 10.6 Å². The van der Waals surface area contributed by atoms with Crippen LogP contribution in [0.5, 0.6) is 0 Å². The molecule has 2 N–H and O–H groups in total. The van der Waals surface area contributed by atoms with Gasteiger partial charge in [0.25, 0.3) is 0 Å². The van der Waals surface area contributed by atoms with Gasteiger partial charge in [-0.1, -0.05) is 0 Å². The van der Waals surface area contributed by atoms with Gasteiger partial charge in [0.05, 0.1) is 12.7 Å². The minimum absolute atomic E-state index is 0.244. The SMILES string of the molecule is COCC(C)NC(=S)NC1CC(OC)C1. The summed E-state index contributed by atoms with van der Waals surface area (Å²) in [6.07, 6.45) is 2.48. The molecule has 0 heterocycles. The zero-order chi connectivity index (χ0) is 11.3. The van der Waals surface area contributed by atoms with E-state index in [1.54, 1.807) is 14.2 Å². The van der Waals surface area contributed by atoms with Gasteiger partial charge in [-0.15, -0.1) is 0 Å². The Hall–Kier alpha value is -0.390. The highest BCUT2D eigenvalue weighted by Gasteiger charge is 2.29. The molecule has 0 aromatic heterocycles. The quantitative estimate of drug-likeness (QED) is 0.682. The van der Waals surface area contributed by atoms with Crippen LogP contribution >= 0.6 is 12.2 Å². The summed E-state index contributed by atoms with van der Waals surface area (Å²) < 4.78 is 10.2. The van der Waals surface area contributed by atoms with Gasteiger partial charge in [0.15, 0.2) is 5.11 Å². The van der Waals surface area contributed by atoms with Crippen LogP contribution in [-0.2, 0) is 9.47 Å². The normalized spacial score (nSPS) is 26.6. The highest BCUT2D eigenvalue weighted by Crippen LogP contribution is 2.22. The van der Waals surface area contributed by atoms with Crippen molar-refractivity contribution >= 4 is 17.3 Å². The fraction of sp³-hybridized carbons (Fsp3) is 0.900. The van der Waals surface area contributed by atoms with Crippen LogP contribution in [0.25, 0.3) is 0 Å². The Balaban J connectivity index is 2.09. The summed E-state index contributed by atoms with van der Waals surface area (Å²) in [5.74, 6) is 0. The second-order valence-corrected chi connectivity index (χ2v) is 4.41. The Morgan fingerprint density at radius 2 is 2.13 bits per heavy atom. The highest BCUT2D eigenvalue weighted by molar-refractivity contribution is 7.80. The first-order chi connectivity index (χ1) is 7.15. The van der Waals surface area contributed by atoms with E-state index in [4.69, 9.17) is 21.7 Å². The van der Waals surface area contributed by atoms with Gasteiger partial charge in [-0.05, 0) is 32.0 Å². The summed E-state index contributed by atoms with van der Waals surface area (Å²) in [6, 6.07) is 0.706. The van der Waals surface area contributed by atoms with Crippen LogP contribution in [0, 0.1) is 0 Å². The molecule has 0 radical (unpaired) electrons. The minimum atomic E-state index is 0.244. The predicted octanol–water partition coefficient (Wildman–Crippen LogP) is 0.663. The van der Waals surface area contributed by atoms with E-state index in [2.05, 4.69) is 10.6 Å². The average molecular weight is 232 g/mol. The molecule has 1 rings (SSSR count). The number of methoxy groups -OCH3 is 2. The van der Waals surface area contributed by atoms with E-state index in [1.807, 2.05) is 6.92 Å². The fourth-order valence-corrected chi connectivity index (χ4v) is 1.99. The Morgan fingerprint density at radius 1 is 1.47 bits per heavy atom. The molecular weight excluding hydrogens is 212 g/mol. The van der Waals surface area contributed by atoms with Crippen LogP contribution in [0.2, 0.25) is 0 Å². The summed E-state index contributed by atoms with van der Waals surface area (Å²) in [5, 5.41) is 7.13. The van der Waals surface area contributed by atoms with Crippen molar-refractivity contribution in [3.05, 3.63) is 0 Å². The number of nitrogens with one attached hydrogen (secondary N) is 2. The maximum Gasteiger partial charge on any atom is 0.166 e. The van der Waals surface area contributed by atoms with Gasteiger partial charge in [0.1, 0.15) is 0 Å². The molecule has 15 heavy (non-hydrogen) atoms. The van der Waals surface area contributed by atoms with Crippen molar-refractivity contribution in [3.63, 3.8) is 0 Å². The number of hydrogen-bond donors (Lipinski definition) is 2. The fourth-order valence-electron chi connectivity index (χ4n) is 1.62. The third kappa shape index (κ3) is 4.32. The lowest BCUT2D eigenvalue weighted by atomic mass is 9.89. The lowest BCUT2D eigenvalue weighted by Gasteiger charge is -2.35. The second kappa shape index (κ2) is 6.25. The van der Waals surface area contributed by atoms with Gasteiger partial charge in [-0.2, -0.15) is 0 Å². The Morgan fingerprint density at radius 3 is 2.67 bits per heavy atom. The Bertz CT molecular complexity index is 208. The van der Waals surface area contributed by atoms with Gasteiger partial charge in [0, 0.05) is 26.3 Å². The van der Waals surface area contributed by atoms with Crippen molar-refractivity contribution in [2.75, 3.05) is 20.8 Å². The molecule has 0 aromatic rings. The summed E-state index contributed by atoms with van der Waals surface area (Å²) >= 11 is 5.18. The monoisotopic (exact) mass is 232 g/mol. The highest BCUT2D eigenvalue weighted by atomic mass is 32.1. The maximum atomic E-state index is 5.19. The van der Waals surface area contributed by atoms with Gasteiger partial charge in [-0.3, -0.25) is 0 Å². The molecule has 0 aliphatic heterocycles. The lowest BCUT2D eigenvalue weighted by Crippen LogP contribution is -2.52. The summed E-state index contributed by atoms with van der Waals surface area (Å²) in [4.78, 5) is 0. The second-order valence-electron chi connectivity index (χ2n) is 4.00. The number of rotatable bonds is 5. The van der Waals surface area contributed by atoms with Crippen LogP contribution in [0.4, 0.5) is 0 Å². The smallest absolute Gasteiger partial charge is 0.166 e. The molecule has 1 aliphatic carbocycles.